The van der Waals surface area contributed by atoms with Crippen LogP contribution in [0.25, 0.3) is 0 Å². The lowest BCUT2D eigenvalue weighted by molar-refractivity contribution is -0.122. The summed E-state index contributed by atoms with van der Waals surface area (Å²) in [4.78, 5) is 12.9. The number of hydrogen-bond acceptors (Lipinski definition) is 4. The first-order valence-electron chi connectivity index (χ1n) is 9.28. The van der Waals surface area contributed by atoms with Crippen LogP contribution in [0.4, 0.5) is 5.69 Å². The van der Waals surface area contributed by atoms with Crippen molar-refractivity contribution in [1.29, 1.82) is 0 Å². The Morgan fingerprint density at radius 3 is 2.31 bits per heavy atom. The molecule has 158 valence electrons. The smallest absolute Gasteiger partial charge is 0.244 e. The van der Waals surface area contributed by atoms with Gasteiger partial charge in [-0.3, -0.25) is 9.10 Å². The predicted molar refractivity (Wildman–Crippen MR) is 117 cm³/mol. The first kappa shape index (κ1) is 23.0. The van der Waals surface area contributed by atoms with E-state index >= 15 is 0 Å². The Bertz CT molecular complexity index is 961. The van der Waals surface area contributed by atoms with Crippen molar-refractivity contribution in [1.82, 2.24) is 5.32 Å². The molecule has 0 fully saturated rings. The molecule has 2 atom stereocenters. The molecule has 0 aliphatic rings. The second-order valence-corrected chi connectivity index (χ2v) is 9.20. The van der Waals surface area contributed by atoms with E-state index in [0.29, 0.717) is 17.9 Å². The summed E-state index contributed by atoms with van der Waals surface area (Å²) in [5.41, 5.74) is 2.39. The molecule has 2 aromatic rings. The van der Waals surface area contributed by atoms with Gasteiger partial charge in [-0.05, 0) is 44.0 Å². The Morgan fingerprint density at radius 2 is 1.83 bits per heavy atom. The van der Waals surface area contributed by atoms with Gasteiger partial charge in [0.2, 0.25) is 15.9 Å². The molecule has 0 saturated heterocycles. The van der Waals surface area contributed by atoms with E-state index in [1.807, 2.05) is 38.1 Å². The van der Waals surface area contributed by atoms with E-state index in [-0.39, 0.29) is 11.1 Å². The molecule has 0 bridgehead atoms. The largest absolute Gasteiger partial charge is 0.495 e. The van der Waals surface area contributed by atoms with Gasteiger partial charge in [0, 0.05) is 0 Å². The van der Waals surface area contributed by atoms with Crippen molar-refractivity contribution < 1.29 is 17.9 Å². The lowest BCUT2D eigenvalue weighted by Crippen LogP contribution is -2.48. The molecule has 6 nitrogen and oxygen atoms in total. The summed E-state index contributed by atoms with van der Waals surface area (Å²) in [5, 5.41) is 3.22. The SMILES string of the molecule is CC[C@@H](NC(=O)[C@H](C)N(c1ccc(OC)c(Cl)c1)S(C)(=O)=O)c1ccc(C)cc1. The van der Waals surface area contributed by atoms with Crippen molar-refractivity contribution >= 4 is 33.2 Å². The lowest BCUT2D eigenvalue weighted by Gasteiger charge is -2.30. The number of hydrogen-bond donors (Lipinski definition) is 1. The highest BCUT2D eigenvalue weighted by molar-refractivity contribution is 7.92. The Hall–Kier alpha value is -2.25. The fourth-order valence-electron chi connectivity index (χ4n) is 3.11. The van der Waals surface area contributed by atoms with E-state index in [4.69, 9.17) is 16.3 Å². The summed E-state index contributed by atoms with van der Waals surface area (Å²) in [7, 11) is -2.26. The average Bonchev–Trinajstić information content (AvgIpc) is 2.65. The number of aryl methyl sites for hydroxylation is 1. The van der Waals surface area contributed by atoms with Crippen molar-refractivity contribution in [2.75, 3.05) is 17.7 Å². The molecular weight excluding hydrogens is 412 g/mol. The number of carbonyl (C=O) groups excluding carboxylic acids is 1. The molecule has 0 radical (unpaired) electrons. The minimum Gasteiger partial charge on any atom is -0.495 e. The zero-order chi connectivity index (χ0) is 21.8. The van der Waals surface area contributed by atoms with E-state index < -0.39 is 22.0 Å². The number of nitrogens with one attached hydrogen (secondary N) is 1. The summed E-state index contributed by atoms with van der Waals surface area (Å²) in [6, 6.07) is 11.3. The number of benzene rings is 2. The molecular formula is C21H27ClN2O4S. The second-order valence-electron chi connectivity index (χ2n) is 6.93. The molecule has 0 unspecified atom stereocenters. The Labute approximate surface area is 177 Å². The summed E-state index contributed by atoms with van der Waals surface area (Å²) >= 11 is 6.16. The van der Waals surface area contributed by atoms with Crippen molar-refractivity contribution in [3.63, 3.8) is 0 Å². The van der Waals surface area contributed by atoms with Gasteiger partial charge in [0.15, 0.2) is 0 Å². The minimum atomic E-state index is -3.74. The molecule has 2 rings (SSSR count). The third-order valence-electron chi connectivity index (χ3n) is 4.68. The highest BCUT2D eigenvalue weighted by Gasteiger charge is 2.30. The van der Waals surface area contributed by atoms with Crippen LogP contribution < -0.4 is 14.4 Å². The maximum atomic E-state index is 12.9. The third-order valence-corrected chi connectivity index (χ3v) is 6.22. The zero-order valence-corrected chi connectivity index (χ0v) is 18.8. The number of halogens is 1. The highest BCUT2D eigenvalue weighted by Crippen LogP contribution is 2.31. The number of sulfonamides is 1. The van der Waals surface area contributed by atoms with Crippen molar-refractivity contribution in [2.45, 2.75) is 39.3 Å². The van der Waals surface area contributed by atoms with Gasteiger partial charge in [-0.2, -0.15) is 0 Å². The van der Waals surface area contributed by atoms with E-state index in [0.717, 1.165) is 21.7 Å². The van der Waals surface area contributed by atoms with Gasteiger partial charge in [-0.15, -0.1) is 0 Å². The Balaban J connectivity index is 2.31. The van der Waals surface area contributed by atoms with Crippen LogP contribution in [0, 0.1) is 6.92 Å². The fraction of sp³-hybridized carbons (Fsp3) is 0.381. The van der Waals surface area contributed by atoms with Crippen LogP contribution in [0.5, 0.6) is 5.75 Å². The summed E-state index contributed by atoms with van der Waals surface area (Å²) < 4.78 is 31.1. The molecule has 0 heterocycles. The number of methoxy groups -OCH3 is 1. The van der Waals surface area contributed by atoms with E-state index in [2.05, 4.69) is 5.32 Å². The first-order valence-corrected chi connectivity index (χ1v) is 11.5. The quantitative estimate of drug-likeness (QED) is 0.673. The summed E-state index contributed by atoms with van der Waals surface area (Å²) in [5.74, 6) is 0.0289. The van der Waals surface area contributed by atoms with Gasteiger partial charge in [0.05, 0.1) is 30.1 Å². The molecule has 0 aliphatic carbocycles. The molecule has 2 aromatic carbocycles. The zero-order valence-electron chi connectivity index (χ0n) is 17.3. The van der Waals surface area contributed by atoms with Gasteiger partial charge < -0.3 is 10.1 Å². The fourth-order valence-corrected chi connectivity index (χ4v) is 4.53. The summed E-state index contributed by atoms with van der Waals surface area (Å²) in [6.45, 7) is 5.51. The molecule has 0 aromatic heterocycles. The van der Waals surface area contributed by atoms with Gasteiger partial charge in [0.1, 0.15) is 11.8 Å². The van der Waals surface area contributed by atoms with Crippen LogP contribution in [-0.2, 0) is 14.8 Å². The molecule has 0 aliphatic heterocycles. The number of amides is 1. The van der Waals surface area contributed by atoms with Crippen LogP contribution in [-0.4, -0.2) is 33.7 Å². The van der Waals surface area contributed by atoms with Crippen LogP contribution in [0.15, 0.2) is 42.5 Å². The maximum Gasteiger partial charge on any atom is 0.244 e. The molecule has 8 heteroatoms. The minimum absolute atomic E-state index is 0.216. The van der Waals surface area contributed by atoms with Gasteiger partial charge in [-0.25, -0.2) is 8.42 Å². The predicted octanol–water partition coefficient (Wildman–Crippen LogP) is 4.08. The molecule has 0 spiro atoms. The van der Waals surface area contributed by atoms with Crippen molar-refractivity contribution in [3.8, 4) is 5.75 Å². The third kappa shape index (κ3) is 5.64. The Kier molecular flexibility index (Phi) is 7.54. The van der Waals surface area contributed by atoms with Gasteiger partial charge >= 0.3 is 0 Å². The topological polar surface area (TPSA) is 75.7 Å². The van der Waals surface area contributed by atoms with E-state index in [1.54, 1.807) is 19.1 Å². The van der Waals surface area contributed by atoms with Crippen LogP contribution >= 0.6 is 11.6 Å². The van der Waals surface area contributed by atoms with E-state index in [9.17, 15) is 13.2 Å². The average molecular weight is 439 g/mol. The normalized spacial score (nSPS) is 13.4. The molecule has 0 saturated carbocycles. The highest BCUT2D eigenvalue weighted by atomic mass is 35.5. The summed E-state index contributed by atoms with van der Waals surface area (Å²) in [6.07, 6.45) is 1.74. The van der Waals surface area contributed by atoms with Crippen LogP contribution in [0.1, 0.15) is 37.4 Å². The van der Waals surface area contributed by atoms with Crippen molar-refractivity contribution in [3.05, 3.63) is 58.6 Å². The first-order chi connectivity index (χ1) is 13.6. The van der Waals surface area contributed by atoms with E-state index in [1.165, 1.54) is 13.2 Å². The monoisotopic (exact) mass is 438 g/mol. The molecule has 1 amide bonds. The number of rotatable bonds is 8. The number of nitrogens with zero attached hydrogens (tertiary/aromatic N) is 1. The maximum absolute atomic E-state index is 12.9. The number of carbonyl (C=O) groups is 1. The second kappa shape index (κ2) is 9.50. The van der Waals surface area contributed by atoms with Crippen LogP contribution in [0.3, 0.4) is 0 Å². The van der Waals surface area contributed by atoms with Gasteiger partial charge in [0.25, 0.3) is 0 Å². The number of anilines is 1. The van der Waals surface area contributed by atoms with Crippen LogP contribution in [0.2, 0.25) is 5.02 Å². The Morgan fingerprint density at radius 1 is 1.21 bits per heavy atom. The standard InChI is InChI=1S/C21H27ClN2O4S/c1-6-19(16-9-7-14(2)8-10-16)23-21(25)15(3)24(29(5,26)27)17-11-12-20(28-4)18(22)13-17/h7-13,15,19H,6H2,1-5H3,(H,23,25)/t15-,19+/m0/s1. The lowest BCUT2D eigenvalue weighted by atomic mass is 10.0. The number of ether oxygens (including phenoxy) is 1. The van der Waals surface area contributed by atoms with Crippen molar-refractivity contribution in [2.24, 2.45) is 0 Å². The molecule has 29 heavy (non-hydrogen) atoms. The molecule has 1 N–H and O–H groups in total. The van der Waals surface area contributed by atoms with Gasteiger partial charge in [-0.1, -0.05) is 48.4 Å².